The predicted octanol–water partition coefficient (Wildman–Crippen LogP) is 4.15. The molecule has 0 radical (unpaired) electrons. The second kappa shape index (κ2) is 9.42. The highest BCUT2D eigenvalue weighted by atomic mass is 35.5. The van der Waals surface area contributed by atoms with E-state index in [4.69, 9.17) is 16.1 Å². The number of hydrogen-bond acceptors (Lipinski definition) is 4. The number of amidine groups is 1. The van der Waals surface area contributed by atoms with Gasteiger partial charge in [0.1, 0.15) is 11.7 Å². The molecule has 1 heterocycles. The van der Waals surface area contributed by atoms with Gasteiger partial charge < -0.3 is 10.3 Å². The van der Waals surface area contributed by atoms with Crippen LogP contribution in [-0.2, 0) is 23.0 Å². The van der Waals surface area contributed by atoms with Crippen molar-refractivity contribution in [2.45, 2.75) is 24.8 Å². The van der Waals surface area contributed by atoms with Crippen molar-refractivity contribution in [3.8, 4) is 0 Å². The number of benzene rings is 3. The van der Waals surface area contributed by atoms with Crippen molar-refractivity contribution in [3.63, 3.8) is 0 Å². The summed E-state index contributed by atoms with van der Waals surface area (Å²) in [4.78, 5) is 4.97. The molecule has 0 aliphatic carbocycles. The summed E-state index contributed by atoms with van der Waals surface area (Å²) in [6.45, 7) is 2.79. The van der Waals surface area contributed by atoms with Crippen LogP contribution in [0, 0.1) is 5.41 Å². The number of nitrogens with one attached hydrogen (secondary N) is 2. The van der Waals surface area contributed by atoms with E-state index in [0.717, 1.165) is 29.0 Å². The Hall–Kier alpha value is -3.36. The maximum atomic E-state index is 12.6. The number of nitrogen functional groups attached to an aromatic ring is 1. The van der Waals surface area contributed by atoms with Crippen LogP contribution in [0.15, 0.2) is 77.7 Å². The minimum Gasteiger partial charge on any atom is -0.384 e. The summed E-state index contributed by atoms with van der Waals surface area (Å²) >= 11 is 0. The molecule has 0 aliphatic rings. The number of nitrogens with two attached hydrogens (primary N) is 1. The predicted molar refractivity (Wildman–Crippen MR) is 130 cm³/mol. The SMILES string of the molecule is CCn1c(Cc2ccc(C(=N)N)cc2)nc2cc(NS(=O)(=O)c3ccccc3)ccc21.Cl. The Balaban J connectivity index is 0.00000289. The van der Waals surface area contributed by atoms with Crippen LogP contribution in [0.4, 0.5) is 5.69 Å². The molecular formula is C23H24ClN5O2S. The number of sulfonamides is 1. The van der Waals surface area contributed by atoms with Crippen molar-refractivity contribution in [1.82, 2.24) is 9.55 Å². The molecule has 9 heteroatoms. The Bertz CT molecular complexity index is 1350. The third kappa shape index (κ3) is 4.76. The number of anilines is 1. The molecule has 4 N–H and O–H groups in total. The summed E-state index contributed by atoms with van der Waals surface area (Å²) in [5, 5.41) is 7.51. The zero-order valence-corrected chi connectivity index (χ0v) is 19.1. The molecular weight excluding hydrogens is 446 g/mol. The molecule has 0 bridgehead atoms. The van der Waals surface area contributed by atoms with E-state index in [0.29, 0.717) is 17.7 Å². The van der Waals surface area contributed by atoms with Crippen LogP contribution < -0.4 is 10.5 Å². The second-order valence-electron chi connectivity index (χ2n) is 7.18. The molecule has 1 aromatic heterocycles. The van der Waals surface area contributed by atoms with E-state index in [1.807, 2.05) is 30.3 Å². The van der Waals surface area contributed by atoms with E-state index >= 15 is 0 Å². The van der Waals surface area contributed by atoms with Crippen LogP contribution in [0.25, 0.3) is 11.0 Å². The first-order chi connectivity index (χ1) is 14.9. The first-order valence-electron chi connectivity index (χ1n) is 9.88. The van der Waals surface area contributed by atoms with E-state index in [-0.39, 0.29) is 23.1 Å². The monoisotopic (exact) mass is 469 g/mol. The van der Waals surface area contributed by atoms with Crippen LogP contribution in [0.1, 0.15) is 23.9 Å². The van der Waals surface area contributed by atoms with Gasteiger partial charge in [0.25, 0.3) is 10.0 Å². The molecule has 0 aliphatic heterocycles. The summed E-state index contributed by atoms with van der Waals surface area (Å²) in [5.41, 5.74) is 9.40. The summed E-state index contributed by atoms with van der Waals surface area (Å²) in [6, 6.07) is 21.2. The Kier molecular flexibility index (Phi) is 6.86. The van der Waals surface area contributed by atoms with Crippen LogP contribution >= 0.6 is 12.4 Å². The van der Waals surface area contributed by atoms with Crippen LogP contribution in [0.3, 0.4) is 0 Å². The van der Waals surface area contributed by atoms with Crippen molar-refractivity contribution in [1.29, 1.82) is 5.41 Å². The molecule has 0 saturated carbocycles. The zero-order valence-electron chi connectivity index (χ0n) is 17.4. The quantitative estimate of drug-likeness (QED) is 0.278. The first kappa shape index (κ1) is 23.3. The van der Waals surface area contributed by atoms with Crippen molar-refractivity contribution in [2.24, 2.45) is 5.73 Å². The fourth-order valence-corrected chi connectivity index (χ4v) is 4.60. The molecule has 0 fully saturated rings. The maximum Gasteiger partial charge on any atom is 0.261 e. The highest BCUT2D eigenvalue weighted by molar-refractivity contribution is 7.92. The fraction of sp³-hybridized carbons (Fsp3) is 0.130. The largest absolute Gasteiger partial charge is 0.384 e. The van der Waals surface area contributed by atoms with Crippen molar-refractivity contribution in [2.75, 3.05) is 4.72 Å². The van der Waals surface area contributed by atoms with Crippen LogP contribution in [0.2, 0.25) is 0 Å². The summed E-state index contributed by atoms with van der Waals surface area (Å²) in [5.74, 6) is 0.925. The normalized spacial score (nSPS) is 11.2. The van der Waals surface area contributed by atoms with Crippen LogP contribution in [0.5, 0.6) is 0 Å². The molecule has 0 unspecified atom stereocenters. The fourth-order valence-electron chi connectivity index (χ4n) is 3.53. The minimum atomic E-state index is -3.66. The van der Waals surface area contributed by atoms with Gasteiger partial charge in [-0.2, -0.15) is 0 Å². The lowest BCUT2D eigenvalue weighted by Crippen LogP contribution is -2.12. The van der Waals surface area contributed by atoms with Crippen LogP contribution in [-0.4, -0.2) is 23.8 Å². The number of rotatable bonds is 7. The molecule has 0 saturated heterocycles. The number of nitrogens with zero attached hydrogens (tertiary/aromatic N) is 2. The molecule has 166 valence electrons. The Morgan fingerprint density at radius 3 is 2.38 bits per heavy atom. The van der Waals surface area contributed by atoms with Gasteiger partial charge in [-0.05, 0) is 42.8 Å². The molecule has 32 heavy (non-hydrogen) atoms. The van der Waals surface area contributed by atoms with Gasteiger partial charge in [0, 0.05) is 18.5 Å². The standard InChI is InChI=1S/C23H23N5O2S.ClH/c1-2-28-21-13-12-18(27-31(29,30)19-6-4-3-5-7-19)15-20(21)26-22(28)14-16-8-10-17(11-9-16)23(24)25;/h3-13,15,27H,2,14H2,1H3,(H3,24,25);1H. The van der Waals surface area contributed by atoms with Gasteiger partial charge in [0.15, 0.2) is 0 Å². The molecule has 0 spiro atoms. The third-order valence-corrected chi connectivity index (χ3v) is 6.47. The first-order valence-corrected chi connectivity index (χ1v) is 11.4. The average molecular weight is 470 g/mol. The van der Waals surface area contributed by atoms with Gasteiger partial charge in [-0.15, -0.1) is 12.4 Å². The van der Waals surface area contributed by atoms with Gasteiger partial charge in [0.05, 0.1) is 21.6 Å². The highest BCUT2D eigenvalue weighted by Gasteiger charge is 2.16. The number of halogens is 1. The van der Waals surface area contributed by atoms with E-state index < -0.39 is 10.0 Å². The number of aryl methyl sites for hydroxylation is 1. The third-order valence-electron chi connectivity index (χ3n) is 5.08. The van der Waals surface area contributed by atoms with Gasteiger partial charge in [0.2, 0.25) is 0 Å². The van der Waals surface area contributed by atoms with Crippen molar-refractivity contribution in [3.05, 3.63) is 89.7 Å². The number of imidazole rings is 1. The van der Waals surface area contributed by atoms with Gasteiger partial charge in [-0.25, -0.2) is 13.4 Å². The molecule has 0 atom stereocenters. The Morgan fingerprint density at radius 2 is 1.75 bits per heavy atom. The molecule has 4 aromatic rings. The molecule has 7 nitrogen and oxygen atoms in total. The average Bonchev–Trinajstić information content (AvgIpc) is 3.10. The van der Waals surface area contributed by atoms with E-state index in [1.165, 1.54) is 0 Å². The summed E-state index contributed by atoms with van der Waals surface area (Å²) in [7, 11) is -3.66. The lowest BCUT2D eigenvalue weighted by atomic mass is 10.1. The van der Waals surface area contributed by atoms with E-state index in [9.17, 15) is 8.42 Å². The molecule has 0 amide bonds. The Labute approximate surface area is 193 Å². The Morgan fingerprint density at radius 1 is 1.06 bits per heavy atom. The summed E-state index contributed by atoms with van der Waals surface area (Å²) in [6.07, 6.45) is 0.617. The maximum absolute atomic E-state index is 12.6. The van der Waals surface area contributed by atoms with Crippen molar-refractivity contribution >= 4 is 45.0 Å². The van der Waals surface area contributed by atoms with E-state index in [1.54, 1.807) is 42.5 Å². The molecule has 4 rings (SSSR count). The number of fused-ring (bicyclic) bond motifs is 1. The van der Waals surface area contributed by atoms with Gasteiger partial charge in [-0.3, -0.25) is 10.1 Å². The van der Waals surface area contributed by atoms with Gasteiger partial charge in [-0.1, -0.05) is 42.5 Å². The molecule has 3 aromatic carbocycles. The number of aromatic nitrogens is 2. The van der Waals surface area contributed by atoms with Gasteiger partial charge >= 0.3 is 0 Å². The number of hydrogen-bond donors (Lipinski definition) is 3. The topological polar surface area (TPSA) is 114 Å². The smallest absolute Gasteiger partial charge is 0.261 e. The minimum absolute atomic E-state index is 0. The lowest BCUT2D eigenvalue weighted by molar-refractivity contribution is 0.601. The summed E-state index contributed by atoms with van der Waals surface area (Å²) < 4.78 is 30.0. The van der Waals surface area contributed by atoms with Crippen molar-refractivity contribution < 1.29 is 8.42 Å². The van der Waals surface area contributed by atoms with E-state index in [2.05, 4.69) is 16.2 Å². The zero-order chi connectivity index (χ0) is 22.0. The highest BCUT2D eigenvalue weighted by Crippen LogP contribution is 2.24. The lowest BCUT2D eigenvalue weighted by Gasteiger charge is -2.09. The second-order valence-corrected chi connectivity index (χ2v) is 8.86.